The van der Waals surface area contributed by atoms with Crippen LogP contribution >= 0.6 is 0 Å². The molecule has 1 aromatic rings. The van der Waals surface area contributed by atoms with E-state index in [-0.39, 0.29) is 0 Å². The summed E-state index contributed by atoms with van der Waals surface area (Å²) in [6, 6.07) is 1.96. The minimum Gasteiger partial charge on any atom is -0.481 e. The lowest BCUT2D eigenvalue weighted by Crippen LogP contribution is -2.25. The second-order valence-electron chi connectivity index (χ2n) is 5.35. The molecule has 98 valence electrons. The molecule has 1 aliphatic carbocycles. The Balaban J connectivity index is 2.08. The molecule has 0 spiro atoms. The van der Waals surface area contributed by atoms with Crippen molar-refractivity contribution in [3.05, 3.63) is 17.5 Å². The maximum Gasteiger partial charge on any atom is 0.311 e. The largest absolute Gasteiger partial charge is 0.481 e. The summed E-state index contributed by atoms with van der Waals surface area (Å²) in [4.78, 5) is 19.8. The molecule has 0 saturated heterocycles. The Morgan fingerprint density at radius 2 is 2.17 bits per heavy atom. The summed E-state index contributed by atoms with van der Waals surface area (Å²) in [6.45, 7) is 6.47. The normalized spacial score (nSPS) is 16.7. The number of aryl methyl sites for hydroxylation is 1. The van der Waals surface area contributed by atoms with Crippen LogP contribution in [0, 0.1) is 12.3 Å². The minimum absolute atomic E-state index is 0.335. The quantitative estimate of drug-likeness (QED) is 0.836. The van der Waals surface area contributed by atoms with E-state index in [0.29, 0.717) is 18.4 Å². The molecule has 0 aliphatic heterocycles. The summed E-state index contributed by atoms with van der Waals surface area (Å²) in [5.41, 5.74) is 1.28. The van der Waals surface area contributed by atoms with Crippen molar-refractivity contribution in [3.63, 3.8) is 0 Å². The van der Waals surface area contributed by atoms with Crippen LogP contribution in [0.25, 0.3) is 0 Å². The minimum atomic E-state index is -0.730. The van der Waals surface area contributed by atoms with Gasteiger partial charge in [-0.05, 0) is 31.7 Å². The molecule has 1 aromatic heterocycles. The smallest absolute Gasteiger partial charge is 0.311 e. The second kappa shape index (κ2) is 4.55. The van der Waals surface area contributed by atoms with Crippen LogP contribution in [-0.4, -0.2) is 27.6 Å². The molecule has 0 atom stereocenters. The molecule has 0 unspecified atom stereocenters. The Kier molecular flexibility index (Phi) is 3.24. The Morgan fingerprint density at radius 1 is 1.50 bits per heavy atom. The molecule has 18 heavy (non-hydrogen) atoms. The third-order valence-corrected chi connectivity index (χ3v) is 3.36. The SMILES string of the molecule is Cc1cc(C(C)C)nc(NCC2(C(=O)O)CC2)n1. The van der Waals surface area contributed by atoms with E-state index in [1.165, 1.54) is 0 Å². The third-order valence-electron chi connectivity index (χ3n) is 3.36. The lowest BCUT2D eigenvalue weighted by atomic mass is 10.1. The van der Waals surface area contributed by atoms with Gasteiger partial charge in [0.2, 0.25) is 5.95 Å². The summed E-state index contributed by atoms with van der Waals surface area (Å²) in [5.74, 6) is 0.138. The molecule has 5 nitrogen and oxygen atoms in total. The Morgan fingerprint density at radius 3 is 2.67 bits per heavy atom. The fourth-order valence-electron chi connectivity index (χ4n) is 1.83. The van der Waals surface area contributed by atoms with Gasteiger partial charge in [-0.3, -0.25) is 4.79 Å². The van der Waals surface area contributed by atoms with E-state index < -0.39 is 11.4 Å². The molecular formula is C13H19N3O2. The number of hydrogen-bond donors (Lipinski definition) is 2. The van der Waals surface area contributed by atoms with Crippen LogP contribution in [0.2, 0.25) is 0 Å². The van der Waals surface area contributed by atoms with Gasteiger partial charge in [-0.15, -0.1) is 0 Å². The molecule has 1 heterocycles. The van der Waals surface area contributed by atoms with Crippen LogP contribution in [0.5, 0.6) is 0 Å². The molecule has 1 aliphatic rings. The number of aromatic nitrogens is 2. The molecule has 0 bridgehead atoms. The van der Waals surface area contributed by atoms with E-state index in [0.717, 1.165) is 24.2 Å². The van der Waals surface area contributed by atoms with Gasteiger partial charge in [0, 0.05) is 17.9 Å². The number of anilines is 1. The lowest BCUT2D eigenvalue weighted by molar-refractivity contribution is -0.142. The Bertz CT molecular complexity index is 467. The number of nitrogens with zero attached hydrogens (tertiary/aromatic N) is 2. The fraction of sp³-hybridized carbons (Fsp3) is 0.615. The monoisotopic (exact) mass is 249 g/mol. The molecule has 0 aromatic carbocycles. The van der Waals surface area contributed by atoms with Crippen molar-refractivity contribution in [2.45, 2.75) is 39.5 Å². The van der Waals surface area contributed by atoms with E-state index in [1.54, 1.807) is 0 Å². The number of carboxylic acid groups (broad SMARTS) is 1. The van der Waals surface area contributed by atoms with Crippen molar-refractivity contribution in [1.82, 2.24) is 9.97 Å². The van der Waals surface area contributed by atoms with Gasteiger partial charge in [0.1, 0.15) is 0 Å². The maximum absolute atomic E-state index is 11.1. The molecule has 0 radical (unpaired) electrons. The van der Waals surface area contributed by atoms with Crippen molar-refractivity contribution in [2.24, 2.45) is 5.41 Å². The molecule has 2 N–H and O–H groups in total. The predicted octanol–water partition coefficient (Wildman–Crippen LogP) is 2.19. The zero-order valence-corrected chi connectivity index (χ0v) is 11.0. The maximum atomic E-state index is 11.1. The number of carbonyl (C=O) groups is 1. The average molecular weight is 249 g/mol. The van der Waals surface area contributed by atoms with Crippen LogP contribution in [0.4, 0.5) is 5.95 Å². The highest BCUT2D eigenvalue weighted by atomic mass is 16.4. The molecular weight excluding hydrogens is 230 g/mol. The van der Waals surface area contributed by atoms with Gasteiger partial charge in [0.25, 0.3) is 0 Å². The Labute approximate surface area is 107 Å². The van der Waals surface area contributed by atoms with Gasteiger partial charge in [0.05, 0.1) is 5.41 Å². The highest BCUT2D eigenvalue weighted by molar-refractivity contribution is 5.78. The van der Waals surface area contributed by atoms with Crippen LogP contribution in [0.1, 0.15) is 44.0 Å². The predicted molar refractivity (Wildman–Crippen MR) is 68.7 cm³/mol. The highest BCUT2D eigenvalue weighted by Crippen LogP contribution is 2.45. The molecule has 1 fully saturated rings. The van der Waals surface area contributed by atoms with Crippen LogP contribution in [0.15, 0.2) is 6.07 Å². The van der Waals surface area contributed by atoms with E-state index >= 15 is 0 Å². The zero-order chi connectivity index (χ0) is 13.3. The second-order valence-corrected chi connectivity index (χ2v) is 5.35. The van der Waals surface area contributed by atoms with Crippen molar-refractivity contribution >= 4 is 11.9 Å². The van der Waals surface area contributed by atoms with Gasteiger partial charge in [0.15, 0.2) is 0 Å². The van der Waals surface area contributed by atoms with Crippen LogP contribution < -0.4 is 5.32 Å². The van der Waals surface area contributed by atoms with Crippen LogP contribution in [-0.2, 0) is 4.79 Å². The van der Waals surface area contributed by atoms with Crippen molar-refractivity contribution < 1.29 is 9.90 Å². The number of rotatable bonds is 5. The van der Waals surface area contributed by atoms with Gasteiger partial charge in [-0.2, -0.15) is 0 Å². The first-order valence-corrected chi connectivity index (χ1v) is 6.26. The van der Waals surface area contributed by atoms with E-state index in [1.807, 2.05) is 13.0 Å². The van der Waals surface area contributed by atoms with Crippen molar-refractivity contribution in [2.75, 3.05) is 11.9 Å². The molecule has 2 rings (SSSR count). The summed E-state index contributed by atoms with van der Waals surface area (Å²) in [6.07, 6.45) is 1.47. The Hall–Kier alpha value is -1.65. The lowest BCUT2D eigenvalue weighted by Gasteiger charge is -2.13. The number of hydrogen-bond acceptors (Lipinski definition) is 4. The summed E-state index contributed by atoms with van der Waals surface area (Å²) >= 11 is 0. The van der Waals surface area contributed by atoms with Gasteiger partial charge >= 0.3 is 5.97 Å². The number of aliphatic carboxylic acids is 1. The van der Waals surface area contributed by atoms with Gasteiger partial charge in [-0.25, -0.2) is 9.97 Å². The summed E-state index contributed by atoms with van der Waals surface area (Å²) in [5, 5.41) is 12.2. The topological polar surface area (TPSA) is 75.1 Å². The van der Waals surface area contributed by atoms with Gasteiger partial charge < -0.3 is 10.4 Å². The standard InChI is InChI=1S/C13H19N3O2/c1-8(2)10-6-9(3)15-12(16-10)14-7-13(4-5-13)11(17)18/h6,8H,4-5,7H2,1-3H3,(H,17,18)(H,14,15,16). The summed E-state index contributed by atoms with van der Waals surface area (Å²) < 4.78 is 0. The first-order valence-electron chi connectivity index (χ1n) is 6.26. The van der Waals surface area contributed by atoms with E-state index in [2.05, 4.69) is 29.1 Å². The third kappa shape index (κ3) is 2.60. The zero-order valence-electron chi connectivity index (χ0n) is 11.0. The first-order chi connectivity index (χ1) is 8.43. The average Bonchev–Trinajstić information content (AvgIpc) is 3.06. The van der Waals surface area contributed by atoms with E-state index in [9.17, 15) is 4.79 Å². The highest BCUT2D eigenvalue weighted by Gasteiger charge is 2.50. The number of nitrogens with one attached hydrogen (secondary N) is 1. The van der Waals surface area contributed by atoms with Crippen molar-refractivity contribution in [1.29, 1.82) is 0 Å². The fourth-order valence-corrected chi connectivity index (χ4v) is 1.83. The number of carboxylic acids is 1. The van der Waals surface area contributed by atoms with Crippen LogP contribution in [0.3, 0.4) is 0 Å². The molecule has 1 saturated carbocycles. The van der Waals surface area contributed by atoms with Gasteiger partial charge in [-0.1, -0.05) is 13.8 Å². The summed E-state index contributed by atoms with van der Waals surface area (Å²) in [7, 11) is 0. The first kappa shape index (κ1) is 12.8. The molecule has 0 amide bonds. The van der Waals surface area contributed by atoms with E-state index in [4.69, 9.17) is 5.11 Å². The molecule has 5 heteroatoms. The van der Waals surface area contributed by atoms with Crippen molar-refractivity contribution in [3.8, 4) is 0 Å².